The molecule has 0 spiro atoms. The first-order valence-electron chi connectivity index (χ1n) is 7.65. The Balaban J connectivity index is 2.11. The van der Waals surface area contributed by atoms with Crippen molar-refractivity contribution >= 4 is 5.69 Å². The summed E-state index contributed by atoms with van der Waals surface area (Å²) < 4.78 is 0. The standard InChI is InChI=1S/C16H27N3/c1-4-5-10-19(15-6-7-15)16-8-9-17-11-14(16)12-18-13(2)3/h8-9,11,13,15,18H,4-7,10,12H2,1-3H3. The van der Waals surface area contributed by atoms with Gasteiger partial charge in [0, 0.05) is 48.8 Å². The van der Waals surface area contributed by atoms with Crippen LogP contribution in [0.2, 0.25) is 0 Å². The normalized spacial score (nSPS) is 14.9. The van der Waals surface area contributed by atoms with Gasteiger partial charge in [-0.05, 0) is 25.3 Å². The lowest BCUT2D eigenvalue weighted by Crippen LogP contribution is -2.29. The average molecular weight is 261 g/mol. The number of aromatic nitrogens is 1. The summed E-state index contributed by atoms with van der Waals surface area (Å²) in [6.45, 7) is 8.73. The van der Waals surface area contributed by atoms with Gasteiger partial charge < -0.3 is 10.2 Å². The summed E-state index contributed by atoms with van der Waals surface area (Å²) in [7, 11) is 0. The molecule has 0 unspecified atom stereocenters. The smallest absolute Gasteiger partial charge is 0.0445 e. The Bertz CT molecular complexity index is 385. The number of nitrogens with zero attached hydrogens (tertiary/aromatic N) is 2. The van der Waals surface area contributed by atoms with E-state index in [4.69, 9.17) is 0 Å². The van der Waals surface area contributed by atoms with Gasteiger partial charge >= 0.3 is 0 Å². The molecular weight excluding hydrogens is 234 g/mol. The maximum absolute atomic E-state index is 4.30. The van der Waals surface area contributed by atoms with E-state index in [1.807, 2.05) is 12.4 Å². The van der Waals surface area contributed by atoms with Gasteiger partial charge in [-0.2, -0.15) is 0 Å². The van der Waals surface area contributed by atoms with Crippen LogP contribution < -0.4 is 10.2 Å². The topological polar surface area (TPSA) is 28.2 Å². The number of nitrogens with one attached hydrogen (secondary N) is 1. The Morgan fingerprint density at radius 3 is 2.84 bits per heavy atom. The van der Waals surface area contributed by atoms with Crippen molar-refractivity contribution in [3.63, 3.8) is 0 Å². The maximum atomic E-state index is 4.30. The monoisotopic (exact) mass is 261 g/mol. The Kier molecular flexibility index (Phi) is 5.20. The van der Waals surface area contributed by atoms with Gasteiger partial charge in [-0.1, -0.05) is 27.2 Å². The van der Waals surface area contributed by atoms with Gasteiger partial charge in [0.1, 0.15) is 0 Å². The van der Waals surface area contributed by atoms with Crippen LogP contribution in [0.4, 0.5) is 5.69 Å². The van der Waals surface area contributed by atoms with E-state index in [1.165, 1.54) is 43.5 Å². The quantitative estimate of drug-likeness (QED) is 0.778. The summed E-state index contributed by atoms with van der Waals surface area (Å²) in [6.07, 6.45) is 9.18. The van der Waals surface area contributed by atoms with Crippen molar-refractivity contribution in [1.29, 1.82) is 0 Å². The molecule has 0 bridgehead atoms. The Hall–Kier alpha value is -1.09. The molecule has 106 valence electrons. The predicted molar refractivity (Wildman–Crippen MR) is 81.5 cm³/mol. The summed E-state index contributed by atoms with van der Waals surface area (Å²) in [5, 5.41) is 3.51. The lowest BCUT2D eigenvalue weighted by Gasteiger charge is -2.27. The van der Waals surface area contributed by atoms with E-state index in [2.05, 4.69) is 42.0 Å². The van der Waals surface area contributed by atoms with E-state index in [0.29, 0.717) is 6.04 Å². The summed E-state index contributed by atoms with van der Waals surface area (Å²) in [4.78, 5) is 6.90. The van der Waals surface area contributed by atoms with Gasteiger partial charge in [0.05, 0.1) is 0 Å². The molecule has 1 saturated carbocycles. The fourth-order valence-corrected chi connectivity index (χ4v) is 2.36. The predicted octanol–water partition coefficient (Wildman–Crippen LogP) is 3.35. The van der Waals surface area contributed by atoms with Crippen molar-refractivity contribution in [2.24, 2.45) is 0 Å². The molecule has 1 fully saturated rings. The van der Waals surface area contributed by atoms with Crippen molar-refractivity contribution < 1.29 is 0 Å². The number of pyridine rings is 1. The molecule has 1 aliphatic rings. The van der Waals surface area contributed by atoms with Gasteiger partial charge in [-0.25, -0.2) is 0 Å². The zero-order valence-corrected chi connectivity index (χ0v) is 12.5. The molecule has 1 aromatic heterocycles. The van der Waals surface area contributed by atoms with Gasteiger partial charge in [0.2, 0.25) is 0 Å². The SMILES string of the molecule is CCCCN(c1ccncc1CNC(C)C)C1CC1. The van der Waals surface area contributed by atoms with E-state index in [1.54, 1.807) is 0 Å². The van der Waals surface area contributed by atoms with Crippen LogP contribution >= 0.6 is 0 Å². The van der Waals surface area contributed by atoms with Crippen LogP contribution in [0.3, 0.4) is 0 Å². The third kappa shape index (κ3) is 4.20. The van der Waals surface area contributed by atoms with E-state index in [-0.39, 0.29) is 0 Å². The highest BCUT2D eigenvalue weighted by molar-refractivity contribution is 5.54. The molecule has 2 rings (SSSR count). The lowest BCUT2D eigenvalue weighted by molar-refractivity contribution is 0.586. The molecule has 0 amide bonds. The van der Waals surface area contributed by atoms with Gasteiger partial charge in [-0.15, -0.1) is 0 Å². The van der Waals surface area contributed by atoms with E-state index in [0.717, 1.165) is 12.6 Å². The maximum Gasteiger partial charge on any atom is 0.0445 e. The summed E-state index contributed by atoms with van der Waals surface area (Å²) >= 11 is 0. The highest BCUT2D eigenvalue weighted by atomic mass is 15.2. The molecule has 1 heterocycles. The molecule has 0 radical (unpaired) electrons. The molecule has 1 aromatic rings. The van der Waals surface area contributed by atoms with Crippen LogP contribution in [0.5, 0.6) is 0 Å². The summed E-state index contributed by atoms with van der Waals surface area (Å²) in [5.74, 6) is 0. The average Bonchev–Trinajstić information content (AvgIpc) is 3.22. The van der Waals surface area contributed by atoms with Crippen molar-refractivity contribution in [2.45, 2.75) is 65.1 Å². The van der Waals surface area contributed by atoms with Gasteiger partial charge in [-0.3, -0.25) is 4.98 Å². The van der Waals surface area contributed by atoms with Crippen LogP contribution in [-0.2, 0) is 6.54 Å². The zero-order chi connectivity index (χ0) is 13.7. The van der Waals surface area contributed by atoms with Crippen LogP contribution in [-0.4, -0.2) is 23.6 Å². The second kappa shape index (κ2) is 6.90. The van der Waals surface area contributed by atoms with Crippen LogP contribution in [0.15, 0.2) is 18.5 Å². The highest BCUT2D eigenvalue weighted by Crippen LogP contribution is 2.33. The first kappa shape index (κ1) is 14.3. The molecule has 0 saturated heterocycles. The van der Waals surface area contributed by atoms with Crippen molar-refractivity contribution in [3.8, 4) is 0 Å². The zero-order valence-electron chi connectivity index (χ0n) is 12.5. The molecular formula is C16H27N3. The fraction of sp³-hybridized carbons (Fsp3) is 0.688. The minimum Gasteiger partial charge on any atom is -0.368 e. The third-order valence-electron chi connectivity index (χ3n) is 3.63. The minimum atomic E-state index is 0.512. The number of hydrogen-bond donors (Lipinski definition) is 1. The highest BCUT2D eigenvalue weighted by Gasteiger charge is 2.29. The molecule has 3 nitrogen and oxygen atoms in total. The molecule has 19 heavy (non-hydrogen) atoms. The molecule has 0 atom stereocenters. The summed E-state index contributed by atoms with van der Waals surface area (Å²) in [5.41, 5.74) is 2.72. The first-order valence-corrected chi connectivity index (χ1v) is 7.65. The van der Waals surface area contributed by atoms with Gasteiger partial charge in [0.15, 0.2) is 0 Å². The number of unbranched alkanes of at least 4 members (excludes halogenated alkanes) is 1. The van der Waals surface area contributed by atoms with Crippen LogP contribution in [0.25, 0.3) is 0 Å². The Labute approximate surface area is 117 Å². The van der Waals surface area contributed by atoms with Crippen LogP contribution in [0.1, 0.15) is 52.0 Å². The van der Waals surface area contributed by atoms with Crippen molar-refractivity contribution in [2.75, 3.05) is 11.4 Å². The molecule has 1 N–H and O–H groups in total. The van der Waals surface area contributed by atoms with Crippen LogP contribution in [0, 0.1) is 0 Å². The number of rotatable bonds is 8. The second-order valence-electron chi connectivity index (χ2n) is 5.82. The fourth-order valence-electron chi connectivity index (χ4n) is 2.36. The Morgan fingerprint density at radius 2 is 2.21 bits per heavy atom. The molecule has 1 aliphatic carbocycles. The first-order chi connectivity index (χ1) is 9.22. The number of anilines is 1. The minimum absolute atomic E-state index is 0.512. The molecule has 0 aliphatic heterocycles. The lowest BCUT2D eigenvalue weighted by atomic mass is 10.1. The van der Waals surface area contributed by atoms with E-state index >= 15 is 0 Å². The molecule has 0 aromatic carbocycles. The van der Waals surface area contributed by atoms with E-state index < -0.39 is 0 Å². The van der Waals surface area contributed by atoms with E-state index in [9.17, 15) is 0 Å². The summed E-state index contributed by atoms with van der Waals surface area (Å²) in [6, 6.07) is 3.47. The molecule has 3 heteroatoms. The second-order valence-corrected chi connectivity index (χ2v) is 5.82. The van der Waals surface area contributed by atoms with Crippen molar-refractivity contribution in [3.05, 3.63) is 24.0 Å². The van der Waals surface area contributed by atoms with Gasteiger partial charge in [0.25, 0.3) is 0 Å². The largest absolute Gasteiger partial charge is 0.368 e. The van der Waals surface area contributed by atoms with Crippen molar-refractivity contribution in [1.82, 2.24) is 10.3 Å². The Morgan fingerprint density at radius 1 is 1.42 bits per heavy atom. The third-order valence-corrected chi connectivity index (χ3v) is 3.63. The number of hydrogen-bond acceptors (Lipinski definition) is 3.